The Kier molecular flexibility index (Phi) is 5.53. The largest absolute Gasteiger partial charge is 0.487 e. The molecule has 0 saturated carbocycles. The van der Waals surface area contributed by atoms with Gasteiger partial charge >= 0.3 is 0 Å². The smallest absolute Gasteiger partial charge is 0.161 e. The zero-order valence-electron chi connectivity index (χ0n) is 10.7. The van der Waals surface area contributed by atoms with Gasteiger partial charge in [0.05, 0.1) is 6.61 Å². The molecule has 2 rings (SSSR count). The Morgan fingerprint density at radius 1 is 0.950 bits per heavy atom. The number of halogens is 2. The average Bonchev–Trinajstić information content (AvgIpc) is 2.45. The summed E-state index contributed by atoms with van der Waals surface area (Å²) in [5.74, 6) is 1.19. The highest BCUT2D eigenvalue weighted by Gasteiger charge is 2.06. The summed E-state index contributed by atoms with van der Waals surface area (Å²) in [4.78, 5) is 0. The summed E-state index contributed by atoms with van der Waals surface area (Å²) in [6.07, 6.45) is 0. The Balaban J connectivity index is 2.06. The van der Waals surface area contributed by atoms with E-state index in [1.165, 1.54) is 0 Å². The van der Waals surface area contributed by atoms with E-state index in [0.29, 0.717) is 28.2 Å². The Morgan fingerprint density at radius 2 is 1.65 bits per heavy atom. The number of ether oxygens (including phenoxy) is 2. The fourth-order valence-electron chi connectivity index (χ4n) is 1.64. The molecule has 106 valence electrons. The van der Waals surface area contributed by atoms with E-state index in [0.717, 1.165) is 5.56 Å². The highest BCUT2D eigenvalue weighted by atomic mass is 35.5. The van der Waals surface area contributed by atoms with E-state index >= 15 is 0 Å². The maximum Gasteiger partial charge on any atom is 0.161 e. The van der Waals surface area contributed by atoms with Crippen LogP contribution >= 0.6 is 23.2 Å². The van der Waals surface area contributed by atoms with Crippen LogP contribution in [0.1, 0.15) is 5.56 Å². The lowest BCUT2D eigenvalue weighted by Gasteiger charge is -2.12. The summed E-state index contributed by atoms with van der Waals surface area (Å²) in [5.41, 5.74) is 0.841. The van der Waals surface area contributed by atoms with Crippen LogP contribution in [0, 0.1) is 0 Å². The molecule has 0 heterocycles. The van der Waals surface area contributed by atoms with Gasteiger partial charge in [-0.25, -0.2) is 0 Å². The second-order valence-corrected chi connectivity index (χ2v) is 4.89. The molecule has 0 saturated heterocycles. The summed E-state index contributed by atoms with van der Waals surface area (Å²) in [6.45, 7) is 0.495. The van der Waals surface area contributed by atoms with Gasteiger partial charge in [-0.3, -0.25) is 0 Å². The maximum atomic E-state index is 8.79. The van der Waals surface area contributed by atoms with Gasteiger partial charge < -0.3 is 14.6 Å². The number of aliphatic hydroxyl groups excluding tert-OH is 1. The van der Waals surface area contributed by atoms with E-state index in [4.69, 9.17) is 37.8 Å². The van der Waals surface area contributed by atoms with E-state index in [-0.39, 0.29) is 13.2 Å². The first-order valence-electron chi connectivity index (χ1n) is 6.10. The quantitative estimate of drug-likeness (QED) is 0.878. The van der Waals surface area contributed by atoms with Gasteiger partial charge in [0.2, 0.25) is 0 Å². The van der Waals surface area contributed by atoms with Crippen molar-refractivity contribution < 1.29 is 14.6 Å². The fourth-order valence-corrected chi connectivity index (χ4v) is 2.10. The van der Waals surface area contributed by atoms with Crippen LogP contribution in [0.3, 0.4) is 0 Å². The van der Waals surface area contributed by atoms with E-state index < -0.39 is 0 Å². The van der Waals surface area contributed by atoms with Crippen molar-refractivity contribution in [2.45, 2.75) is 6.61 Å². The molecule has 20 heavy (non-hydrogen) atoms. The Bertz CT molecular complexity index is 573. The van der Waals surface area contributed by atoms with Crippen LogP contribution < -0.4 is 9.47 Å². The van der Waals surface area contributed by atoms with Crippen LogP contribution in [0.4, 0.5) is 0 Å². The third kappa shape index (κ3) is 4.04. The van der Waals surface area contributed by atoms with E-state index in [1.54, 1.807) is 24.3 Å². The molecule has 0 aliphatic rings. The van der Waals surface area contributed by atoms with Crippen LogP contribution in [-0.2, 0) is 6.61 Å². The number of hydrogen-bond acceptors (Lipinski definition) is 3. The Hall–Kier alpha value is -1.42. The van der Waals surface area contributed by atoms with Crippen LogP contribution in [0.15, 0.2) is 42.5 Å². The molecule has 0 spiro atoms. The van der Waals surface area contributed by atoms with Gasteiger partial charge in [0.25, 0.3) is 0 Å². The van der Waals surface area contributed by atoms with Crippen molar-refractivity contribution in [3.63, 3.8) is 0 Å². The van der Waals surface area contributed by atoms with E-state index in [1.807, 2.05) is 18.2 Å². The van der Waals surface area contributed by atoms with Gasteiger partial charge in [-0.1, -0.05) is 41.4 Å². The first kappa shape index (κ1) is 15.0. The molecule has 1 N–H and O–H groups in total. The number of hydrogen-bond donors (Lipinski definition) is 1. The molecule has 2 aromatic rings. The van der Waals surface area contributed by atoms with E-state index in [9.17, 15) is 0 Å². The SMILES string of the molecule is OCCOc1ccccc1OCc1ccc(Cl)cc1Cl. The lowest BCUT2D eigenvalue weighted by molar-refractivity contribution is 0.192. The number of benzene rings is 2. The van der Waals surface area contributed by atoms with Crippen molar-refractivity contribution >= 4 is 23.2 Å². The topological polar surface area (TPSA) is 38.7 Å². The first-order chi connectivity index (χ1) is 9.70. The maximum absolute atomic E-state index is 8.79. The molecular weight excluding hydrogens is 299 g/mol. The van der Waals surface area contributed by atoms with Crippen molar-refractivity contribution in [1.29, 1.82) is 0 Å². The summed E-state index contributed by atoms with van der Waals surface area (Å²) in [5, 5.41) is 9.94. The van der Waals surface area contributed by atoms with Crippen molar-refractivity contribution in [1.82, 2.24) is 0 Å². The molecule has 0 radical (unpaired) electrons. The van der Waals surface area contributed by atoms with Crippen molar-refractivity contribution in [2.75, 3.05) is 13.2 Å². The molecule has 0 aliphatic carbocycles. The zero-order valence-corrected chi connectivity index (χ0v) is 12.2. The second-order valence-electron chi connectivity index (χ2n) is 4.04. The Labute approximate surface area is 127 Å². The number of rotatable bonds is 6. The second kappa shape index (κ2) is 7.39. The zero-order chi connectivity index (χ0) is 14.4. The van der Waals surface area contributed by atoms with Crippen molar-refractivity contribution in [2.24, 2.45) is 0 Å². The molecule has 0 fully saturated rings. The first-order valence-corrected chi connectivity index (χ1v) is 6.85. The summed E-state index contributed by atoms with van der Waals surface area (Å²) < 4.78 is 11.1. The molecule has 0 amide bonds. The normalized spacial score (nSPS) is 10.3. The standard InChI is InChI=1S/C15H14Cl2O3/c16-12-6-5-11(13(17)9-12)10-20-15-4-2-1-3-14(15)19-8-7-18/h1-6,9,18H,7-8,10H2. The minimum absolute atomic E-state index is 0.0443. The predicted octanol–water partition coefficient (Wildman–Crippen LogP) is 3.94. The molecular formula is C15H14Cl2O3. The Morgan fingerprint density at radius 3 is 2.30 bits per heavy atom. The molecule has 2 aromatic carbocycles. The highest BCUT2D eigenvalue weighted by molar-refractivity contribution is 6.35. The minimum atomic E-state index is -0.0443. The summed E-state index contributed by atoms with van der Waals surface area (Å²) in [6, 6.07) is 12.5. The molecule has 0 aromatic heterocycles. The summed E-state index contributed by atoms with van der Waals surface area (Å²) >= 11 is 11.9. The van der Waals surface area contributed by atoms with Gasteiger partial charge in [0, 0.05) is 15.6 Å². The van der Waals surface area contributed by atoms with Crippen LogP contribution in [-0.4, -0.2) is 18.3 Å². The highest BCUT2D eigenvalue weighted by Crippen LogP contribution is 2.28. The van der Waals surface area contributed by atoms with Gasteiger partial charge in [0.15, 0.2) is 11.5 Å². The van der Waals surface area contributed by atoms with Crippen LogP contribution in [0.5, 0.6) is 11.5 Å². The van der Waals surface area contributed by atoms with Gasteiger partial charge in [-0.2, -0.15) is 0 Å². The van der Waals surface area contributed by atoms with E-state index in [2.05, 4.69) is 0 Å². The fraction of sp³-hybridized carbons (Fsp3) is 0.200. The average molecular weight is 313 g/mol. The van der Waals surface area contributed by atoms with Crippen molar-refractivity contribution in [3.05, 3.63) is 58.1 Å². The minimum Gasteiger partial charge on any atom is -0.487 e. The molecule has 0 atom stereocenters. The lowest BCUT2D eigenvalue weighted by atomic mass is 10.2. The monoisotopic (exact) mass is 312 g/mol. The molecule has 0 aliphatic heterocycles. The predicted molar refractivity (Wildman–Crippen MR) is 79.8 cm³/mol. The van der Waals surface area contributed by atoms with Gasteiger partial charge in [-0.05, 0) is 24.3 Å². The van der Waals surface area contributed by atoms with Crippen molar-refractivity contribution in [3.8, 4) is 11.5 Å². The third-order valence-corrected chi connectivity index (χ3v) is 3.18. The lowest BCUT2D eigenvalue weighted by Crippen LogP contribution is -2.04. The van der Waals surface area contributed by atoms with Crippen LogP contribution in [0.25, 0.3) is 0 Å². The molecule has 0 unspecified atom stereocenters. The molecule has 3 nitrogen and oxygen atoms in total. The number of para-hydroxylation sites is 2. The molecule has 5 heteroatoms. The van der Waals surface area contributed by atoms with Crippen LogP contribution in [0.2, 0.25) is 10.0 Å². The molecule has 0 bridgehead atoms. The summed E-state index contributed by atoms with van der Waals surface area (Å²) in [7, 11) is 0. The van der Waals surface area contributed by atoms with Gasteiger partial charge in [-0.15, -0.1) is 0 Å². The number of aliphatic hydroxyl groups is 1. The third-order valence-electron chi connectivity index (χ3n) is 2.60. The van der Waals surface area contributed by atoms with Gasteiger partial charge in [0.1, 0.15) is 13.2 Å².